The van der Waals surface area contributed by atoms with E-state index in [9.17, 15) is 81.7 Å². The normalized spacial score (nSPS) is 52.9. The fourth-order valence-electron chi connectivity index (χ4n) is 17.5. The number of rotatable bonds is 18. The van der Waals surface area contributed by atoms with Gasteiger partial charge in [-0.05, 0) is 124 Å². The Hall–Kier alpha value is -1.30. The molecule has 0 aromatic rings. The minimum absolute atomic E-state index is 0.0168. The van der Waals surface area contributed by atoms with Gasteiger partial charge in [-0.15, -0.1) is 0 Å². The van der Waals surface area contributed by atoms with Gasteiger partial charge in [-0.2, -0.15) is 0 Å². The summed E-state index contributed by atoms with van der Waals surface area (Å²) in [6.45, 7) is 16.2. The van der Waals surface area contributed by atoms with Gasteiger partial charge in [0.25, 0.3) is 0 Å². The van der Waals surface area contributed by atoms with E-state index in [2.05, 4.69) is 40.7 Å². The number of aliphatic hydroxyl groups excluding tert-OH is 16. The molecule has 26 heteroatoms. The van der Waals surface area contributed by atoms with Crippen molar-refractivity contribution < 1.29 is 129 Å². The van der Waals surface area contributed by atoms with Crippen LogP contribution in [0.4, 0.5) is 0 Å². The van der Waals surface area contributed by atoms with Gasteiger partial charge >= 0.3 is 0 Å². The molecule has 86 heavy (non-hydrogen) atoms. The van der Waals surface area contributed by atoms with E-state index in [1.54, 1.807) is 6.92 Å². The van der Waals surface area contributed by atoms with Crippen LogP contribution in [0.5, 0.6) is 0 Å². The third kappa shape index (κ3) is 12.4. The summed E-state index contributed by atoms with van der Waals surface area (Å²) in [6, 6.07) is 0. The zero-order valence-corrected chi connectivity index (χ0v) is 51.0. The SMILES string of the molecule is CC(C)=CCC[C@](C)(O[C@@H]1O[C@H](CO[C@@H]2O[C@H](CO[C@@H]3OC[C@@H](O)[C@H](C)[C@H]3O)[C@@H](O)[C@H](O)[C@H]2O)[C@@H](O)[C@H](O)[C@H]1O)[C@H]1CC[C@]2(C)[C@@H]1[C@H](O)C[C@@H]1[C@@]3(C)CC[C@H](O[C@@H]4O[C@H](CO)[C@@H](O)[C@H](O)[C@H]4O[C@@H]4O[C@H](CO)[C@@H](O)[C@H](O)[C@H]4O)C(C)(C)[C@@H]3CC[C@]12C. The summed E-state index contributed by atoms with van der Waals surface area (Å²) in [7, 11) is 0. The lowest BCUT2D eigenvalue weighted by Crippen LogP contribution is -2.68. The van der Waals surface area contributed by atoms with Crippen LogP contribution in [0.15, 0.2) is 11.6 Å². The van der Waals surface area contributed by atoms with Gasteiger partial charge in [0.05, 0.1) is 56.9 Å². The maximum atomic E-state index is 12.9. The standard InChI is InChI=1S/C60H102O26/c1-25(2)11-10-15-60(9,86-54-49(76)45(72)42(69)33(83-54)24-79-52-47(74)44(71)41(68)32(82-52)23-78-51-38(65)26(3)29(64)22-77-51)27-12-17-59(8)37(27)28(63)19-35-57(6)16-14-36(56(4,5)34(57)13-18-58(35,59)7)84-55-50(46(73)40(67)31(21-62)81-55)85-53-48(75)43(70)39(66)30(20-61)80-53/h11,26-55,61-76H,10,12-24H2,1-9H3/t26-,27-,28+,29+,30+,31+,32+,33+,34-,35+,36-,37-,38+,39+,40+,41+,42+,43-,44-,45-,46-,47+,48+,49+,50+,51-,52+,53-,54-,55-,57-,58+,59+,60-/m0/s1. The first-order valence-electron chi connectivity index (χ1n) is 31.1. The highest BCUT2D eigenvalue weighted by Crippen LogP contribution is 2.76. The Bertz CT molecular complexity index is 2260. The van der Waals surface area contributed by atoms with E-state index in [1.807, 2.05) is 20.8 Å². The van der Waals surface area contributed by atoms with Crippen molar-refractivity contribution in [3.05, 3.63) is 11.6 Å². The van der Waals surface area contributed by atoms with Crippen LogP contribution in [0.1, 0.15) is 120 Å². The molecule has 498 valence electrons. The molecule has 4 saturated carbocycles. The Balaban J connectivity index is 0.902. The maximum Gasteiger partial charge on any atom is 0.187 e. The number of hydrogen-bond acceptors (Lipinski definition) is 26. The highest BCUT2D eigenvalue weighted by molar-refractivity contribution is 5.21. The molecule has 5 heterocycles. The molecule has 9 fully saturated rings. The van der Waals surface area contributed by atoms with Gasteiger partial charge in [0, 0.05) is 5.92 Å². The smallest absolute Gasteiger partial charge is 0.187 e. The topological polar surface area (TPSA) is 416 Å². The first-order chi connectivity index (χ1) is 40.3. The summed E-state index contributed by atoms with van der Waals surface area (Å²) >= 11 is 0. The summed E-state index contributed by atoms with van der Waals surface area (Å²) in [6.07, 6.45) is -29.4. The fourth-order valence-corrected chi connectivity index (χ4v) is 17.5. The first-order valence-corrected chi connectivity index (χ1v) is 31.1. The van der Waals surface area contributed by atoms with Crippen LogP contribution in [0, 0.1) is 51.2 Å². The molecule has 26 nitrogen and oxygen atoms in total. The lowest BCUT2D eigenvalue weighted by molar-refractivity contribution is -0.378. The maximum absolute atomic E-state index is 12.9. The second kappa shape index (κ2) is 26.6. The van der Waals surface area contributed by atoms with Crippen LogP contribution < -0.4 is 0 Å². The van der Waals surface area contributed by atoms with Crippen molar-refractivity contribution in [1.29, 1.82) is 0 Å². The molecule has 0 aromatic carbocycles. The average Bonchev–Trinajstić information content (AvgIpc) is 1.22. The predicted molar refractivity (Wildman–Crippen MR) is 296 cm³/mol. The minimum atomic E-state index is -1.83. The van der Waals surface area contributed by atoms with Crippen LogP contribution in [-0.2, 0) is 47.4 Å². The van der Waals surface area contributed by atoms with E-state index >= 15 is 0 Å². The van der Waals surface area contributed by atoms with E-state index in [0.29, 0.717) is 38.5 Å². The van der Waals surface area contributed by atoms with Gasteiger partial charge in [0.2, 0.25) is 0 Å². The highest BCUT2D eigenvalue weighted by Gasteiger charge is 2.72. The molecule has 0 amide bonds. The van der Waals surface area contributed by atoms with Gasteiger partial charge in [0.1, 0.15) is 104 Å². The summed E-state index contributed by atoms with van der Waals surface area (Å²) in [4.78, 5) is 0. The Morgan fingerprint density at radius 3 is 1.66 bits per heavy atom. The van der Waals surface area contributed by atoms with E-state index in [4.69, 9.17) is 47.4 Å². The molecule has 0 bridgehead atoms. The third-order valence-electron chi connectivity index (χ3n) is 23.0. The summed E-state index contributed by atoms with van der Waals surface area (Å²) in [5, 5.41) is 175. The van der Waals surface area contributed by atoms with Crippen molar-refractivity contribution in [3.63, 3.8) is 0 Å². The number of allylic oxidation sites excluding steroid dienone is 2. The van der Waals surface area contributed by atoms with E-state index < -0.39 is 202 Å². The van der Waals surface area contributed by atoms with Crippen molar-refractivity contribution >= 4 is 0 Å². The fraction of sp³-hybridized carbons (Fsp3) is 0.967. The van der Waals surface area contributed by atoms with Gasteiger partial charge in [-0.25, -0.2) is 0 Å². The zero-order valence-electron chi connectivity index (χ0n) is 51.0. The summed E-state index contributed by atoms with van der Waals surface area (Å²) in [5.74, 6) is -1.16. The molecule has 16 N–H and O–H groups in total. The number of aliphatic hydroxyl groups is 16. The molecule has 5 aliphatic heterocycles. The van der Waals surface area contributed by atoms with Crippen LogP contribution in [-0.4, -0.2) is 274 Å². The average molecular weight is 1240 g/mol. The van der Waals surface area contributed by atoms with Crippen LogP contribution in [0.25, 0.3) is 0 Å². The molecule has 0 radical (unpaired) electrons. The van der Waals surface area contributed by atoms with Gasteiger partial charge in [0.15, 0.2) is 31.5 Å². The highest BCUT2D eigenvalue weighted by atomic mass is 16.8. The third-order valence-corrected chi connectivity index (χ3v) is 23.0. The lowest BCUT2D eigenvalue weighted by atomic mass is 9.35. The van der Waals surface area contributed by atoms with E-state index in [1.165, 1.54) is 0 Å². The number of fused-ring (bicyclic) bond motifs is 5. The molecule has 4 aliphatic carbocycles. The molecule has 9 rings (SSSR count). The summed E-state index contributed by atoms with van der Waals surface area (Å²) < 4.78 is 60.8. The molecule has 0 unspecified atom stereocenters. The molecular formula is C60H102O26. The Kier molecular flexibility index (Phi) is 21.4. The van der Waals surface area contributed by atoms with Crippen molar-refractivity contribution in [2.24, 2.45) is 51.2 Å². The second-order valence-electron chi connectivity index (χ2n) is 28.5. The number of ether oxygens (including phenoxy) is 10. The number of hydrogen-bond donors (Lipinski definition) is 16. The van der Waals surface area contributed by atoms with Gasteiger partial charge < -0.3 is 129 Å². The Labute approximate surface area is 502 Å². The molecule has 5 saturated heterocycles. The van der Waals surface area contributed by atoms with Crippen molar-refractivity contribution in [1.82, 2.24) is 0 Å². The van der Waals surface area contributed by atoms with Crippen LogP contribution >= 0.6 is 0 Å². The minimum Gasteiger partial charge on any atom is -0.394 e. The van der Waals surface area contributed by atoms with Gasteiger partial charge in [-0.1, -0.05) is 53.2 Å². The van der Waals surface area contributed by atoms with Crippen molar-refractivity contribution in [3.8, 4) is 0 Å². The van der Waals surface area contributed by atoms with Crippen molar-refractivity contribution in [2.75, 3.05) is 33.0 Å². The molecule has 0 aromatic heterocycles. The van der Waals surface area contributed by atoms with E-state index in [-0.39, 0.29) is 41.1 Å². The molecule has 34 atom stereocenters. The van der Waals surface area contributed by atoms with Gasteiger partial charge in [-0.3, -0.25) is 0 Å². The van der Waals surface area contributed by atoms with Crippen LogP contribution in [0.2, 0.25) is 0 Å². The monoisotopic (exact) mass is 1240 g/mol. The van der Waals surface area contributed by atoms with E-state index in [0.717, 1.165) is 24.8 Å². The largest absolute Gasteiger partial charge is 0.394 e. The lowest BCUT2D eigenvalue weighted by Gasteiger charge is -2.71. The predicted octanol–water partition coefficient (Wildman–Crippen LogP) is -2.46. The quantitative estimate of drug-likeness (QED) is 0.0500. The Morgan fingerprint density at radius 2 is 1.06 bits per heavy atom. The second-order valence-corrected chi connectivity index (χ2v) is 28.5. The molecule has 9 aliphatic rings. The summed E-state index contributed by atoms with van der Waals surface area (Å²) in [5.41, 5.74) is -1.73. The Morgan fingerprint density at radius 1 is 0.535 bits per heavy atom. The molecule has 0 spiro atoms. The zero-order chi connectivity index (χ0) is 63.1. The van der Waals surface area contributed by atoms with Crippen molar-refractivity contribution in [2.45, 2.75) is 279 Å². The first kappa shape index (κ1) is 69.1. The molecular weight excluding hydrogens is 1140 g/mol. The van der Waals surface area contributed by atoms with Crippen LogP contribution in [0.3, 0.4) is 0 Å².